The van der Waals surface area contributed by atoms with Crippen molar-refractivity contribution in [3.63, 3.8) is 0 Å². The van der Waals surface area contributed by atoms with Crippen molar-refractivity contribution in [2.24, 2.45) is 0 Å². The van der Waals surface area contributed by atoms with E-state index in [9.17, 15) is 0 Å². The molecule has 0 radical (unpaired) electrons. The van der Waals surface area contributed by atoms with E-state index in [-0.39, 0.29) is 0 Å². The molecule has 1 saturated carbocycles. The van der Waals surface area contributed by atoms with Gasteiger partial charge in [0.2, 0.25) is 0 Å². The van der Waals surface area contributed by atoms with Gasteiger partial charge in [0.1, 0.15) is 0 Å². The first-order chi connectivity index (χ1) is 16.3. The first-order valence-corrected chi connectivity index (χ1v) is 12.1. The molecule has 1 aromatic heterocycles. The summed E-state index contributed by atoms with van der Waals surface area (Å²) in [4.78, 5) is 12.6. The van der Waals surface area contributed by atoms with Gasteiger partial charge in [-0.05, 0) is 49.8 Å². The highest BCUT2D eigenvalue weighted by molar-refractivity contribution is 5.57. The van der Waals surface area contributed by atoms with Gasteiger partial charge in [0.25, 0.3) is 0 Å². The average molecular weight is 447 g/mol. The van der Waals surface area contributed by atoms with Crippen molar-refractivity contribution in [3.8, 4) is 11.5 Å². The van der Waals surface area contributed by atoms with Crippen LogP contribution in [0.4, 0.5) is 5.69 Å². The molecule has 2 aromatic carbocycles. The van der Waals surface area contributed by atoms with Crippen LogP contribution in [0, 0.1) is 0 Å². The average Bonchev–Trinajstić information content (AvgIpc) is 3.55. The summed E-state index contributed by atoms with van der Waals surface area (Å²) in [7, 11) is 1.72. The molecule has 0 spiro atoms. The van der Waals surface area contributed by atoms with E-state index in [2.05, 4.69) is 68.3 Å². The predicted molar refractivity (Wildman–Crippen MR) is 131 cm³/mol. The normalized spacial score (nSPS) is 19.7. The number of benzene rings is 2. The maximum atomic E-state index is 6.37. The van der Waals surface area contributed by atoms with E-state index in [1.165, 1.54) is 29.8 Å². The zero-order valence-electron chi connectivity index (χ0n) is 19.5. The van der Waals surface area contributed by atoms with Crippen molar-refractivity contribution in [1.82, 2.24) is 14.9 Å². The molecule has 0 unspecified atom stereocenters. The Hall–Kier alpha value is -2.99. The van der Waals surface area contributed by atoms with E-state index in [0.717, 1.165) is 56.9 Å². The number of hydrogen-bond acceptors (Lipinski definition) is 5. The van der Waals surface area contributed by atoms with Crippen LogP contribution in [0.5, 0.6) is 11.5 Å². The van der Waals surface area contributed by atoms with Gasteiger partial charge in [0.15, 0.2) is 11.5 Å². The fourth-order valence-corrected chi connectivity index (χ4v) is 5.15. The number of H-pyrrole nitrogens is 1. The molecule has 3 aromatic rings. The number of aromatic nitrogens is 2. The second kappa shape index (κ2) is 10.3. The third-order valence-electron chi connectivity index (χ3n) is 6.96. The lowest BCUT2D eigenvalue weighted by Crippen LogP contribution is -2.53. The zero-order valence-corrected chi connectivity index (χ0v) is 19.5. The molecule has 2 aliphatic rings. The van der Waals surface area contributed by atoms with Crippen LogP contribution in [-0.4, -0.2) is 53.8 Å². The summed E-state index contributed by atoms with van der Waals surface area (Å²) in [5, 5.41) is 0. The fourth-order valence-electron chi connectivity index (χ4n) is 5.15. The summed E-state index contributed by atoms with van der Waals surface area (Å²) in [6.45, 7) is 3.85. The van der Waals surface area contributed by atoms with Crippen LogP contribution in [-0.2, 0) is 13.0 Å². The Morgan fingerprint density at radius 2 is 1.88 bits per heavy atom. The summed E-state index contributed by atoms with van der Waals surface area (Å²) < 4.78 is 12.0. The third-order valence-corrected chi connectivity index (χ3v) is 6.96. The van der Waals surface area contributed by atoms with Crippen LogP contribution in [0.1, 0.15) is 36.9 Å². The van der Waals surface area contributed by atoms with E-state index in [0.29, 0.717) is 12.1 Å². The molecule has 33 heavy (non-hydrogen) atoms. The number of piperazine rings is 1. The van der Waals surface area contributed by atoms with Gasteiger partial charge in [0.05, 0.1) is 19.5 Å². The minimum atomic E-state index is 0.311. The lowest BCUT2D eigenvalue weighted by molar-refractivity contribution is 0.165. The molecule has 2 heterocycles. The molecule has 1 aliphatic carbocycles. The molecule has 0 bridgehead atoms. The Morgan fingerprint density at radius 1 is 1.03 bits per heavy atom. The van der Waals surface area contributed by atoms with Gasteiger partial charge in [-0.25, -0.2) is 4.98 Å². The molecule has 174 valence electrons. The maximum absolute atomic E-state index is 6.37. The molecule has 6 nitrogen and oxygen atoms in total. The minimum Gasteiger partial charge on any atom is -0.493 e. The van der Waals surface area contributed by atoms with Crippen LogP contribution < -0.4 is 14.4 Å². The molecule has 1 saturated heterocycles. The Bertz CT molecular complexity index is 1000. The fraction of sp³-hybridized carbons (Fsp3) is 0.444. The van der Waals surface area contributed by atoms with Gasteiger partial charge in [-0.1, -0.05) is 30.3 Å². The van der Waals surface area contributed by atoms with Crippen LogP contribution >= 0.6 is 0 Å². The van der Waals surface area contributed by atoms with E-state index < -0.39 is 0 Å². The molecule has 0 amide bonds. The van der Waals surface area contributed by atoms with Gasteiger partial charge >= 0.3 is 0 Å². The number of methoxy groups -OCH3 is 1. The molecule has 6 heteroatoms. The molecule has 2 fully saturated rings. The van der Waals surface area contributed by atoms with Gasteiger partial charge in [-0.3, -0.25) is 4.90 Å². The number of nitrogens with zero attached hydrogens (tertiary/aromatic N) is 3. The van der Waals surface area contributed by atoms with E-state index in [4.69, 9.17) is 9.47 Å². The van der Waals surface area contributed by atoms with E-state index in [1.54, 1.807) is 13.4 Å². The molecular formula is C27H34N4O2. The van der Waals surface area contributed by atoms with Gasteiger partial charge in [0, 0.05) is 55.9 Å². The number of anilines is 1. The van der Waals surface area contributed by atoms with Crippen LogP contribution in [0.2, 0.25) is 0 Å². The Labute approximate surface area is 196 Å². The van der Waals surface area contributed by atoms with Crippen molar-refractivity contribution in [3.05, 3.63) is 72.3 Å². The smallest absolute Gasteiger partial charge is 0.163 e. The summed E-state index contributed by atoms with van der Waals surface area (Å²) in [6.07, 6.45) is 9.82. The minimum absolute atomic E-state index is 0.311. The summed E-state index contributed by atoms with van der Waals surface area (Å²) in [6, 6.07) is 17.6. The summed E-state index contributed by atoms with van der Waals surface area (Å²) in [5.74, 6) is 1.70. The topological polar surface area (TPSA) is 53.6 Å². The maximum Gasteiger partial charge on any atom is 0.163 e. The van der Waals surface area contributed by atoms with E-state index >= 15 is 0 Å². The van der Waals surface area contributed by atoms with Gasteiger partial charge in [-0.2, -0.15) is 0 Å². The molecular weight excluding hydrogens is 412 g/mol. The Balaban J connectivity index is 1.35. The molecule has 5 rings (SSSR count). The summed E-state index contributed by atoms with van der Waals surface area (Å²) >= 11 is 0. The Morgan fingerprint density at radius 3 is 2.64 bits per heavy atom. The number of hydrogen-bond donors (Lipinski definition) is 1. The largest absolute Gasteiger partial charge is 0.493 e. The SMILES string of the molecule is COc1ccc(N2CCN(Cc3cnc[nH]3)[C@@H](Cc3ccccc3)C2)cc1OC1CCCC1. The number of ether oxygens (including phenoxy) is 2. The Kier molecular flexibility index (Phi) is 6.81. The third kappa shape index (κ3) is 5.33. The number of aromatic amines is 1. The number of rotatable bonds is 8. The van der Waals surface area contributed by atoms with Crippen molar-refractivity contribution in [2.75, 3.05) is 31.6 Å². The van der Waals surface area contributed by atoms with Crippen molar-refractivity contribution >= 4 is 5.69 Å². The second-order valence-electron chi connectivity index (χ2n) is 9.20. The first-order valence-electron chi connectivity index (χ1n) is 12.1. The van der Waals surface area contributed by atoms with Gasteiger partial charge < -0.3 is 19.4 Å². The standard InChI is InChI=1S/C27H34N4O2/c1-32-26-12-11-23(16-27(26)33-25-9-5-6-10-25)31-14-13-30(18-22-17-28-20-29-22)24(19-31)15-21-7-3-2-4-8-21/h2-4,7-8,11-12,16-17,20,24-25H,5-6,9-10,13-15,18-19H2,1H3,(H,28,29)/t24-/m0/s1. The lowest BCUT2D eigenvalue weighted by Gasteiger charge is -2.42. The van der Waals surface area contributed by atoms with Crippen LogP contribution in [0.25, 0.3) is 0 Å². The monoisotopic (exact) mass is 446 g/mol. The summed E-state index contributed by atoms with van der Waals surface area (Å²) in [5.41, 5.74) is 3.75. The van der Waals surface area contributed by atoms with E-state index in [1.807, 2.05) is 6.20 Å². The van der Waals surface area contributed by atoms with Crippen LogP contribution in [0.15, 0.2) is 61.1 Å². The molecule has 1 atom stereocenters. The molecule has 1 aliphatic heterocycles. The van der Waals surface area contributed by atoms with Crippen molar-refractivity contribution in [1.29, 1.82) is 0 Å². The second-order valence-corrected chi connectivity index (χ2v) is 9.20. The highest BCUT2D eigenvalue weighted by atomic mass is 16.5. The van der Waals surface area contributed by atoms with Crippen molar-refractivity contribution in [2.45, 2.75) is 50.8 Å². The lowest BCUT2D eigenvalue weighted by atomic mass is 10.0. The number of nitrogens with one attached hydrogen (secondary N) is 1. The van der Waals surface area contributed by atoms with Crippen molar-refractivity contribution < 1.29 is 9.47 Å². The predicted octanol–water partition coefficient (Wildman–Crippen LogP) is 4.67. The highest BCUT2D eigenvalue weighted by Gasteiger charge is 2.28. The first kappa shape index (κ1) is 21.8. The van der Waals surface area contributed by atoms with Gasteiger partial charge in [-0.15, -0.1) is 0 Å². The number of imidazole rings is 1. The quantitative estimate of drug-likeness (QED) is 0.545. The molecule has 1 N–H and O–H groups in total. The highest BCUT2D eigenvalue weighted by Crippen LogP contribution is 2.36. The van der Waals surface area contributed by atoms with Crippen LogP contribution in [0.3, 0.4) is 0 Å². The zero-order chi connectivity index (χ0) is 22.5.